The van der Waals surface area contributed by atoms with E-state index < -0.39 is 0 Å². The van der Waals surface area contributed by atoms with E-state index in [-0.39, 0.29) is 16.6 Å². The molecule has 0 saturated heterocycles. The third-order valence-electron chi connectivity index (χ3n) is 2.61. The number of alkyl halides is 1. The van der Waals surface area contributed by atoms with Crippen molar-refractivity contribution < 1.29 is 4.39 Å². The third-order valence-corrected chi connectivity index (χ3v) is 3.98. The van der Waals surface area contributed by atoms with Crippen molar-refractivity contribution >= 4 is 27.5 Å². The summed E-state index contributed by atoms with van der Waals surface area (Å²) >= 11 is 9.61. The Morgan fingerprint density at radius 2 is 2.00 bits per heavy atom. The number of halogens is 3. The van der Waals surface area contributed by atoms with Crippen LogP contribution >= 0.6 is 27.5 Å². The van der Waals surface area contributed by atoms with Gasteiger partial charge in [-0.05, 0) is 42.0 Å². The molecule has 0 aliphatic carbocycles. The van der Waals surface area contributed by atoms with Crippen LogP contribution in [0.4, 0.5) is 4.39 Å². The smallest absolute Gasteiger partial charge is 0.126 e. The topological polar surface area (TPSA) is 0 Å². The lowest BCUT2D eigenvalue weighted by atomic mass is 9.88. The van der Waals surface area contributed by atoms with Crippen LogP contribution < -0.4 is 0 Å². The summed E-state index contributed by atoms with van der Waals surface area (Å²) in [5.41, 5.74) is 0.786. The Labute approximate surface area is 110 Å². The summed E-state index contributed by atoms with van der Waals surface area (Å²) in [7, 11) is 0. The van der Waals surface area contributed by atoms with Crippen molar-refractivity contribution in [1.82, 2.24) is 0 Å². The highest BCUT2D eigenvalue weighted by Crippen LogP contribution is 2.28. The van der Waals surface area contributed by atoms with E-state index in [2.05, 4.69) is 36.7 Å². The second-order valence-electron chi connectivity index (χ2n) is 5.11. The van der Waals surface area contributed by atoms with Crippen LogP contribution in [-0.2, 0) is 6.42 Å². The fraction of sp³-hybridized carbons (Fsp3) is 0.538. The maximum absolute atomic E-state index is 13.5. The first-order valence-electron chi connectivity index (χ1n) is 5.38. The SMILES string of the molecule is CC(C)(C)C(Cl)CCc1cc(Br)ccc1F. The second-order valence-corrected chi connectivity index (χ2v) is 6.55. The first-order valence-corrected chi connectivity index (χ1v) is 6.61. The van der Waals surface area contributed by atoms with E-state index in [1.165, 1.54) is 6.07 Å². The molecule has 0 fully saturated rings. The molecule has 1 aromatic rings. The van der Waals surface area contributed by atoms with Crippen LogP contribution in [0.5, 0.6) is 0 Å². The van der Waals surface area contributed by atoms with E-state index in [1.54, 1.807) is 6.07 Å². The zero-order valence-electron chi connectivity index (χ0n) is 9.86. The normalized spacial score (nSPS) is 13.9. The molecule has 1 unspecified atom stereocenters. The van der Waals surface area contributed by atoms with Crippen molar-refractivity contribution in [3.05, 3.63) is 34.1 Å². The largest absolute Gasteiger partial charge is 0.207 e. The van der Waals surface area contributed by atoms with Gasteiger partial charge in [-0.2, -0.15) is 0 Å². The van der Waals surface area contributed by atoms with Crippen molar-refractivity contribution in [2.24, 2.45) is 5.41 Å². The standard InChI is InChI=1S/C13H17BrClF/c1-13(2,3)12(15)7-4-9-8-10(14)5-6-11(9)16/h5-6,8,12H,4,7H2,1-3H3. The van der Waals surface area contributed by atoms with Crippen LogP contribution in [0.2, 0.25) is 0 Å². The number of hydrogen-bond donors (Lipinski definition) is 0. The molecule has 0 aliphatic rings. The van der Waals surface area contributed by atoms with Crippen LogP contribution in [-0.4, -0.2) is 5.38 Å². The van der Waals surface area contributed by atoms with Gasteiger partial charge in [0.05, 0.1) is 0 Å². The van der Waals surface area contributed by atoms with Crippen molar-refractivity contribution in [2.45, 2.75) is 39.0 Å². The Bertz CT molecular complexity index is 357. The minimum atomic E-state index is -0.152. The highest BCUT2D eigenvalue weighted by Gasteiger charge is 2.22. The number of aryl methyl sites for hydroxylation is 1. The molecule has 3 heteroatoms. The molecule has 0 radical (unpaired) electrons. The van der Waals surface area contributed by atoms with Gasteiger partial charge in [0.15, 0.2) is 0 Å². The molecular weight excluding hydrogens is 290 g/mol. The number of benzene rings is 1. The Hall–Kier alpha value is -0.0800. The molecule has 0 spiro atoms. The first kappa shape index (κ1) is 14.0. The van der Waals surface area contributed by atoms with Gasteiger partial charge in [0, 0.05) is 9.85 Å². The third kappa shape index (κ3) is 4.06. The molecule has 0 aromatic heterocycles. The van der Waals surface area contributed by atoms with E-state index in [4.69, 9.17) is 11.6 Å². The second kappa shape index (κ2) is 5.50. The fourth-order valence-electron chi connectivity index (χ4n) is 1.45. The van der Waals surface area contributed by atoms with E-state index in [0.717, 1.165) is 16.5 Å². The summed E-state index contributed by atoms with van der Waals surface area (Å²) in [6, 6.07) is 5.02. The Morgan fingerprint density at radius 1 is 1.38 bits per heavy atom. The van der Waals surface area contributed by atoms with Gasteiger partial charge in [-0.25, -0.2) is 4.39 Å². The van der Waals surface area contributed by atoms with Crippen LogP contribution in [0.15, 0.2) is 22.7 Å². The fourth-order valence-corrected chi connectivity index (χ4v) is 1.97. The molecule has 16 heavy (non-hydrogen) atoms. The molecule has 0 amide bonds. The van der Waals surface area contributed by atoms with Gasteiger partial charge in [-0.1, -0.05) is 36.7 Å². The summed E-state index contributed by atoms with van der Waals surface area (Å²) in [5, 5.41) is 0.0610. The number of hydrogen-bond acceptors (Lipinski definition) is 0. The zero-order valence-corrected chi connectivity index (χ0v) is 12.2. The number of rotatable bonds is 3. The molecule has 0 N–H and O–H groups in total. The minimum absolute atomic E-state index is 0.0596. The summed E-state index contributed by atoms with van der Waals surface area (Å²) in [5.74, 6) is -0.152. The van der Waals surface area contributed by atoms with E-state index >= 15 is 0 Å². The van der Waals surface area contributed by atoms with Crippen LogP contribution in [0.25, 0.3) is 0 Å². The van der Waals surface area contributed by atoms with Gasteiger partial charge in [-0.3, -0.25) is 0 Å². The summed E-state index contributed by atoms with van der Waals surface area (Å²) in [4.78, 5) is 0. The predicted molar refractivity (Wildman–Crippen MR) is 71.5 cm³/mol. The Morgan fingerprint density at radius 3 is 2.56 bits per heavy atom. The van der Waals surface area contributed by atoms with Gasteiger partial charge in [-0.15, -0.1) is 11.6 Å². The van der Waals surface area contributed by atoms with E-state index in [1.807, 2.05) is 6.07 Å². The van der Waals surface area contributed by atoms with Crippen LogP contribution in [0.1, 0.15) is 32.8 Å². The lowest BCUT2D eigenvalue weighted by Crippen LogP contribution is -2.21. The van der Waals surface area contributed by atoms with Crippen molar-refractivity contribution in [3.63, 3.8) is 0 Å². The molecule has 1 aromatic carbocycles. The first-order chi connectivity index (χ1) is 7.30. The Balaban J connectivity index is 2.64. The van der Waals surface area contributed by atoms with Gasteiger partial charge in [0.1, 0.15) is 5.82 Å². The highest BCUT2D eigenvalue weighted by molar-refractivity contribution is 9.10. The van der Waals surface area contributed by atoms with Gasteiger partial charge < -0.3 is 0 Å². The Kier molecular flexibility index (Phi) is 4.81. The molecule has 0 nitrogen and oxygen atoms in total. The predicted octanol–water partition coefficient (Wildman–Crippen LogP) is 5.17. The van der Waals surface area contributed by atoms with Crippen molar-refractivity contribution in [1.29, 1.82) is 0 Å². The molecule has 1 rings (SSSR count). The van der Waals surface area contributed by atoms with E-state index in [9.17, 15) is 4.39 Å². The average Bonchev–Trinajstić information content (AvgIpc) is 2.17. The van der Waals surface area contributed by atoms with Gasteiger partial charge >= 0.3 is 0 Å². The van der Waals surface area contributed by atoms with Crippen LogP contribution in [0, 0.1) is 11.2 Å². The summed E-state index contributed by atoms with van der Waals surface area (Å²) < 4.78 is 14.4. The summed E-state index contributed by atoms with van der Waals surface area (Å²) in [6.45, 7) is 6.30. The van der Waals surface area contributed by atoms with E-state index in [0.29, 0.717) is 6.42 Å². The van der Waals surface area contributed by atoms with Crippen molar-refractivity contribution in [2.75, 3.05) is 0 Å². The summed E-state index contributed by atoms with van der Waals surface area (Å²) in [6.07, 6.45) is 1.47. The van der Waals surface area contributed by atoms with Gasteiger partial charge in [0.25, 0.3) is 0 Å². The molecule has 1 atom stereocenters. The molecular formula is C13H17BrClF. The van der Waals surface area contributed by atoms with Crippen molar-refractivity contribution in [3.8, 4) is 0 Å². The highest BCUT2D eigenvalue weighted by atomic mass is 79.9. The molecule has 90 valence electrons. The maximum atomic E-state index is 13.5. The lowest BCUT2D eigenvalue weighted by Gasteiger charge is -2.25. The lowest BCUT2D eigenvalue weighted by molar-refractivity contribution is 0.373. The minimum Gasteiger partial charge on any atom is -0.207 e. The van der Waals surface area contributed by atoms with Crippen LogP contribution in [0.3, 0.4) is 0 Å². The maximum Gasteiger partial charge on any atom is 0.126 e. The quantitative estimate of drug-likeness (QED) is 0.675. The molecule has 0 aliphatic heterocycles. The zero-order chi connectivity index (χ0) is 12.3. The molecule has 0 saturated carbocycles. The van der Waals surface area contributed by atoms with Gasteiger partial charge in [0.2, 0.25) is 0 Å². The molecule has 0 heterocycles. The monoisotopic (exact) mass is 306 g/mol. The molecule has 0 bridgehead atoms. The average molecular weight is 308 g/mol.